The van der Waals surface area contributed by atoms with E-state index in [4.69, 9.17) is 0 Å². The first-order chi connectivity index (χ1) is 3.54. The normalized spacial score (nSPS) is 33.4. The van der Waals surface area contributed by atoms with E-state index in [9.17, 15) is 0 Å². The van der Waals surface area contributed by atoms with Crippen LogP contribution in [0.15, 0.2) is 0 Å². The Hall–Kier alpha value is 0. The summed E-state index contributed by atoms with van der Waals surface area (Å²) >= 11 is 0. The molecule has 1 radical (unpaired) electrons. The molecule has 1 rings (SSSR count). The maximum absolute atomic E-state index is 2.43. The molecule has 0 N–H and O–H groups in total. The molecule has 0 amide bonds. The molecule has 0 aromatic carbocycles. The SMILES string of the molecule is CC(C)C1[CH]C1(C)C. The van der Waals surface area contributed by atoms with Gasteiger partial charge in [0, 0.05) is 0 Å². The Kier molecular flexibility index (Phi) is 1.14. The van der Waals surface area contributed by atoms with Crippen molar-refractivity contribution in [1.82, 2.24) is 0 Å². The van der Waals surface area contributed by atoms with Gasteiger partial charge in [0.25, 0.3) is 0 Å². The largest absolute Gasteiger partial charge is 0.0625 e. The van der Waals surface area contributed by atoms with Gasteiger partial charge < -0.3 is 0 Å². The second kappa shape index (κ2) is 1.49. The first-order valence-electron chi connectivity index (χ1n) is 3.40. The van der Waals surface area contributed by atoms with E-state index in [1.807, 2.05) is 0 Å². The van der Waals surface area contributed by atoms with Gasteiger partial charge in [-0.2, -0.15) is 0 Å². The standard InChI is InChI=1S/C8H15/c1-6(2)7-5-8(7,3)4/h5-7H,1-4H3. The van der Waals surface area contributed by atoms with Gasteiger partial charge in [0.2, 0.25) is 0 Å². The first-order valence-corrected chi connectivity index (χ1v) is 3.40. The molecule has 47 valence electrons. The van der Waals surface area contributed by atoms with Crippen LogP contribution in [-0.2, 0) is 0 Å². The highest BCUT2D eigenvalue weighted by Gasteiger charge is 2.47. The Morgan fingerprint density at radius 1 is 1.38 bits per heavy atom. The van der Waals surface area contributed by atoms with E-state index in [0.29, 0.717) is 5.41 Å². The van der Waals surface area contributed by atoms with Gasteiger partial charge in [-0.05, 0) is 23.7 Å². The lowest BCUT2D eigenvalue weighted by atomic mass is 10.0. The van der Waals surface area contributed by atoms with E-state index in [0.717, 1.165) is 11.8 Å². The fraction of sp³-hybridized carbons (Fsp3) is 0.875. The quantitative estimate of drug-likeness (QED) is 0.487. The molecular formula is C8H15. The second-order valence-electron chi connectivity index (χ2n) is 3.76. The molecule has 0 heterocycles. The summed E-state index contributed by atoms with van der Waals surface area (Å²) in [6, 6.07) is 0. The van der Waals surface area contributed by atoms with Crippen molar-refractivity contribution in [2.24, 2.45) is 17.3 Å². The van der Waals surface area contributed by atoms with Crippen LogP contribution in [0.2, 0.25) is 0 Å². The smallest absolute Gasteiger partial charge is 0.0286 e. The summed E-state index contributed by atoms with van der Waals surface area (Å²) in [6.45, 7) is 9.18. The molecule has 0 spiro atoms. The molecule has 0 bridgehead atoms. The van der Waals surface area contributed by atoms with Crippen LogP contribution in [0.3, 0.4) is 0 Å². The minimum Gasteiger partial charge on any atom is -0.0625 e. The second-order valence-corrected chi connectivity index (χ2v) is 3.76. The van der Waals surface area contributed by atoms with Crippen LogP contribution < -0.4 is 0 Å². The summed E-state index contributed by atoms with van der Waals surface area (Å²) in [5, 5.41) is 0. The van der Waals surface area contributed by atoms with Crippen LogP contribution in [0.4, 0.5) is 0 Å². The van der Waals surface area contributed by atoms with Crippen LogP contribution >= 0.6 is 0 Å². The highest BCUT2D eigenvalue weighted by molar-refractivity contribution is 5.14. The lowest BCUT2D eigenvalue weighted by molar-refractivity contribution is 0.451. The fourth-order valence-corrected chi connectivity index (χ4v) is 1.47. The monoisotopic (exact) mass is 111 g/mol. The molecule has 1 atom stereocenters. The molecule has 1 fully saturated rings. The maximum atomic E-state index is 2.43. The third-order valence-electron chi connectivity index (χ3n) is 2.08. The molecule has 1 aliphatic rings. The Morgan fingerprint density at radius 2 is 1.75 bits per heavy atom. The van der Waals surface area contributed by atoms with Crippen molar-refractivity contribution in [3.63, 3.8) is 0 Å². The van der Waals surface area contributed by atoms with E-state index in [1.54, 1.807) is 0 Å². The van der Waals surface area contributed by atoms with Crippen LogP contribution in [0.5, 0.6) is 0 Å². The molecule has 0 heteroatoms. The van der Waals surface area contributed by atoms with Gasteiger partial charge in [0.1, 0.15) is 0 Å². The van der Waals surface area contributed by atoms with Crippen molar-refractivity contribution < 1.29 is 0 Å². The maximum Gasteiger partial charge on any atom is -0.0286 e. The van der Waals surface area contributed by atoms with Crippen LogP contribution in [0.1, 0.15) is 27.7 Å². The lowest BCUT2D eigenvalue weighted by Gasteiger charge is -2.04. The summed E-state index contributed by atoms with van der Waals surface area (Å²) in [5.74, 6) is 1.74. The molecule has 0 saturated heterocycles. The minimum atomic E-state index is 0.564. The van der Waals surface area contributed by atoms with E-state index >= 15 is 0 Å². The molecular weight excluding hydrogens is 96.1 g/mol. The lowest BCUT2D eigenvalue weighted by Crippen LogP contribution is -1.96. The van der Waals surface area contributed by atoms with Gasteiger partial charge in [0.15, 0.2) is 0 Å². The third kappa shape index (κ3) is 0.888. The molecule has 8 heavy (non-hydrogen) atoms. The van der Waals surface area contributed by atoms with E-state index in [2.05, 4.69) is 34.1 Å². The predicted octanol–water partition coefficient (Wildman–Crippen LogP) is 2.50. The van der Waals surface area contributed by atoms with Crippen LogP contribution in [0.25, 0.3) is 0 Å². The Morgan fingerprint density at radius 3 is 1.75 bits per heavy atom. The minimum absolute atomic E-state index is 0.564. The van der Waals surface area contributed by atoms with Gasteiger partial charge in [-0.15, -0.1) is 0 Å². The molecule has 0 aromatic rings. The van der Waals surface area contributed by atoms with Gasteiger partial charge >= 0.3 is 0 Å². The average Bonchev–Trinajstić information content (AvgIpc) is 2.13. The van der Waals surface area contributed by atoms with E-state index < -0.39 is 0 Å². The Labute approximate surface area is 52.3 Å². The topological polar surface area (TPSA) is 0 Å². The zero-order valence-corrected chi connectivity index (χ0v) is 6.23. The number of hydrogen-bond acceptors (Lipinski definition) is 0. The van der Waals surface area contributed by atoms with E-state index in [1.165, 1.54) is 0 Å². The zero-order chi connectivity index (χ0) is 6.36. The van der Waals surface area contributed by atoms with Gasteiger partial charge in [-0.1, -0.05) is 27.7 Å². The Balaban J connectivity index is 2.37. The van der Waals surface area contributed by atoms with Crippen molar-refractivity contribution in [3.05, 3.63) is 6.42 Å². The molecule has 1 saturated carbocycles. The van der Waals surface area contributed by atoms with Crippen molar-refractivity contribution in [2.45, 2.75) is 27.7 Å². The fourth-order valence-electron chi connectivity index (χ4n) is 1.47. The van der Waals surface area contributed by atoms with Gasteiger partial charge in [-0.3, -0.25) is 0 Å². The highest BCUT2D eigenvalue weighted by Crippen LogP contribution is 2.54. The molecule has 0 aromatic heterocycles. The van der Waals surface area contributed by atoms with Crippen molar-refractivity contribution >= 4 is 0 Å². The highest BCUT2D eigenvalue weighted by atomic mass is 14.5. The average molecular weight is 111 g/mol. The summed E-state index contributed by atoms with van der Waals surface area (Å²) in [5.41, 5.74) is 0.564. The predicted molar refractivity (Wildman–Crippen MR) is 36.4 cm³/mol. The molecule has 1 unspecified atom stereocenters. The Bertz CT molecular complexity index is 90.2. The number of hydrogen-bond donors (Lipinski definition) is 0. The van der Waals surface area contributed by atoms with Gasteiger partial charge in [0.05, 0.1) is 0 Å². The first kappa shape index (κ1) is 6.12. The van der Waals surface area contributed by atoms with Gasteiger partial charge in [-0.25, -0.2) is 0 Å². The molecule has 0 nitrogen and oxygen atoms in total. The van der Waals surface area contributed by atoms with E-state index in [-0.39, 0.29) is 0 Å². The third-order valence-corrected chi connectivity index (χ3v) is 2.08. The van der Waals surface area contributed by atoms with Crippen molar-refractivity contribution in [3.8, 4) is 0 Å². The van der Waals surface area contributed by atoms with Crippen molar-refractivity contribution in [2.75, 3.05) is 0 Å². The summed E-state index contributed by atoms with van der Waals surface area (Å²) in [4.78, 5) is 0. The zero-order valence-electron chi connectivity index (χ0n) is 6.23. The summed E-state index contributed by atoms with van der Waals surface area (Å²) in [7, 11) is 0. The molecule has 0 aliphatic heterocycles. The molecule has 1 aliphatic carbocycles. The van der Waals surface area contributed by atoms with Crippen LogP contribution in [0, 0.1) is 23.7 Å². The van der Waals surface area contributed by atoms with Crippen LogP contribution in [-0.4, -0.2) is 0 Å². The number of rotatable bonds is 1. The van der Waals surface area contributed by atoms with Crippen molar-refractivity contribution in [1.29, 1.82) is 0 Å². The summed E-state index contributed by atoms with van der Waals surface area (Å²) < 4.78 is 0. The summed E-state index contributed by atoms with van der Waals surface area (Å²) in [6.07, 6.45) is 2.43.